The minimum absolute atomic E-state index is 0.218. The van der Waals surface area contributed by atoms with Gasteiger partial charge >= 0.3 is 0 Å². The fraction of sp³-hybridized carbons (Fsp3) is 0.643. The topological polar surface area (TPSA) is 48.7 Å². The molecule has 1 aromatic heterocycles. The highest BCUT2D eigenvalue weighted by Gasteiger charge is 2.20. The Morgan fingerprint density at radius 3 is 2.89 bits per heavy atom. The zero-order valence-corrected chi connectivity index (χ0v) is 11.8. The van der Waals surface area contributed by atoms with Crippen molar-refractivity contribution in [1.82, 2.24) is 15.1 Å². The number of nitrogens with one attached hydrogen (secondary N) is 1. The standard InChI is InChI=1S/C14H23N3O2/c1-12(10-13-4-3-9-19-13)16(2)11-14(18)17-7-5-15-6-8-17/h3-4,9,12,15H,5-8,10-11H2,1-2H3. The molecule has 0 saturated carbocycles. The molecule has 2 rings (SSSR count). The SMILES string of the molecule is CC(Cc1ccco1)N(C)CC(=O)N1CCNCC1. The normalized spacial score (nSPS) is 17.7. The molecular formula is C14H23N3O2. The summed E-state index contributed by atoms with van der Waals surface area (Å²) in [6.45, 7) is 6.03. The molecule has 1 saturated heterocycles. The maximum Gasteiger partial charge on any atom is 0.236 e. The molecule has 1 aliphatic rings. The van der Waals surface area contributed by atoms with E-state index in [1.54, 1.807) is 6.26 Å². The van der Waals surface area contributed by atoms with E-state index in [4.69, 9.17) is 4.42 Å². The van der Waals surface area contributed by atoms with E-state index in [1.807, 2.05) is 24.1 Å². The van der Waals surface area contributed by atoms with Gasteiger partial charge in [0.1, 0.15) is 5.76 Å². The fourth-order valence-corrected chi connectivity index (χ4v) is 2.26. The predicted molar refractivity (Wildman–Crippen MR) is 74.0 cm³/mol. The summed E-state index contributed by atoms with van der Waals surface area (Å²) in [6, 6.07) is 4.16. The summed E-state index contributed by atoms with van der Waals surface area (Å²) in [4.78, 5) is 16.2. The summed E-state index contributed by atoms with van der Waals surface area (Å²) < 4.78 is 5.35. The van der Waals surface area contributed by atoms with Crippen LogP contribution in [0.1, 0.15) is 12.7 Å². The Balaban J connectivity index is 1.78. The summed E-state index contributed by atoms with van der Waals surface area (Å²) >= 11 is 0. The molecular weight excluding hydrogens is 242 g/mol. The Morgan fingerprint density at radius 2 is 2.26 bits per heavy atom. The van der Waals surface area contributed by atoms with E-state index in [0.29, 0.717) is 6.54 Å². The molecule has 106 valence electrons. The van der Waals surface area contributed by atoms with Crippen LogP contribution in [0.15, 0.2) is 22.8 Å². The van der Waals surface area contributed by atoms with Gasteiger partial charge in [0.05, 0.1) is 12.8 Å². The van der Waals surface area contributed by atoms with Crippen LogP contribution in [0.4, 0.5) is 0 Å². The molecule has 0 radical (unpaired) electrons. The number of hydrogen-bond donors (Lipinski definition) is 1. The Morgan fingerprint density at radius 1 is 1.53 bits per heavy atom. The van der Waals surface area contributed by atoms with Gasteiger partial charge < -0.3 is 14.6 Å². The lowest BCUT2D eigenvalue weighted by molar-refractivity contribution is -0.133. The fourth-order valence-electron chi connectivity index (χ4n) is 2.26. The first-order valence-corrected chi connectivity index (χ1v) is 6.88. The predicted octanol–water partition coefficient (Wildman–Crippen LogP) is 0.574. The van der Waals surface area contributed by atoms with Crippen molar-refractivity contribution in [1.29, 1.82) is 0 Å². The summed E-state index contributed by atoms with van der Waals surface area (Å²) in [6.07, 6.45) is 2.52. The molecule has 5 heteroatoms. The number of carbonyl (C=O) groups is 1. The van der Waals surface area contributed by atoms with Gasteiger partial charge in [-0.2, -0.15) is 0 Å². The van der Waals surface area contributed by atoms with Crippen molar-refractivity contribution in [3.63, 3.8) is 0 Å². The number of hydrogen-bond acceptors (Lipinski definition) is 4. The van der Waals surface area contributed by atoms with Crippen LogP contribution in [0.5, 0.6) is 0 Å². The van der Waals surface area contributed by atoms with Crippen molar-refractivity contribution in [3.8, 4) is 0 Å². The first-order valence-electron chi connectivity index (χ1n) is 6.88. The second-order valence-electron chi connectivity index (χ2n) is 5.18. The second kappa shape index (κ2) is 6.73. The molecule has 0 aliphatic carbocycles. The Kier molecular flexibility index (Phi) is 4.99. The molecule has 1 fully saturated rings. The Bertz CT molecular complexity index is 385. The number of carbonyl (C=O) groups excluding carboxylic acids is 1. The molecule has 0 bridgehead atoms. The van der Waals surface area contributed by atoms with Gasteiger partial charge in [0.2, 0.25) is 5.91 Å². The molecule has 1 aliphatic heterocycles. The van der Waals surface area contributed by atoms with E-state index in [9.17, 15) is 4.79 Å². The largest absolute Gasteiger partial charge is 0.469 e. The van der Waals surface area contributed by atoms with Gasteiger partial charge in [-0.1, -0.05) is 0 Å². The number of piperazine rings is 1. The molecule has 1 unspecified atom stereocenters. The van der Waals surface area contributed by atoms with Crippen LogP contribution in [0.25, 0.3) is 0 Å². The number of nitrogens with zero attached hydrogens (tertiary/aromatic N) is 2. The molecule has 1 N–H and O–H groups in total. The molecule has 0 spiro atoms. The minimum Gasteiger partial charge on any atom is -0.469 e. The van der Waals surface area contributed by atoms with Crippen molar-refractivity contribution in [3.05, 3.63) is 24.2 Å². The quantitative estimate of drug-likeness (QED) is 0.846. The van der Waals surface area contributed by atoms with E-state index in [-0.39, 0.29) is 11.9 Å². The van der Waals surface area contributed by atoms with Gasteiger partial charge in [-0.3, -0.25) is 9.69 Å². The summed E-state index contributed by atoms with van der Waals surface area (Å²) in [7, 11) is 1.99. The van der Waals surface area contributed by atoms with Crippen LogP contribution in [0.2, 0.25) is 0 Å². The van der Waals surface area contributed by atoms with E-state index in [0.717, 1.165) is 38.4 Å². The van der Waals surface area contributed by atoms with E-state index in [2.05, 4.69) is 17.1 Å². The first-order chi connectivity index (χ1) is 9.16. The summed E-state index contributed by atoms with van der Waals surface area (Å²) in [5, 5.41) is 3.26. The van der Waals surface area contributed by atoms with Gasteiger partial charge in [0.15, 0.2) is 0 Å². The third kappa shape index (κ3) is 4.08. The van der Waals surface area contributed by atoms with Crippen molar-refractivity contribution in [2.45, 2.75) is 19.4 Å². The van der Waals surface area contributed by atoms with Crippen LogP contribution < -0.4 is 5.32 Å². The van der Waals surface area contributed by atoms with E-state index < -0.39 is 0 Å². The molecule has 2 heterocycles. The van der Waals surface area contributed by atoms with Crippen molar-refractivity contribution in [2.75, 3.05) is 39.8 Å². The van der Waals surface area contributed by atoms with Gasteiger partial charge in [-0.25, -0.2) is 0 Å². The highest BCUT2D eigenvalue weighted by molar-refractivity contribution is 5.78. The van der Waals surface area contributed by atoms with Crippen LogP contribution >= 0.6 is 0 Å². The first kappa shape index (κ1) is 14.1. The average molecular weight is 265 g/mol. The zero-order chi connectivity index (χ0) is 13.7. The number of amides is 1. The highest BCUT2D eigenvalue weighted by atomic mass is 16.3. The summed E-state index contributed by atoms with van der Waals surface area (Å²) in [5.74, 6) is 1.18. The zero-order valence-electron chi connectivity index (χ0n) is 11.8. The lowest BCUT2D eigenvalue weighted by Gasteiger charge is -2.31. The van der Waals surface area contributed by atoms with Gasteiger partial charge in [0.25, 0.3) is 0 Å². The van der Waals surface area contributed by atoms with Crippen molar-refractivity contribution >= 4 is 5.91 Å². The second-order valence-corrected chi connectivity index (χ2v) is 5.18. The maximum atomic E-state index is 12.1. The van der Waals surface area contributed by atoms with Crippen LogP contribution in [0.3, 0.4) is 0 Å². The Labute approximate surface area is 114 Å². The Hall–Kier alpha value is -1.33. The lowest BCUT2D eigenvalue weighted by Crippen LogP contribution is -2.50. The van der Waals surface area contributed by atoms with E-state index in [1.165, 1.54) is 0 Å². The maximum absolute atomic E-state index is 12.1. The third-order valence-electron chi connectivity index (χ3n) is 3.68. The smallest absolute Gasteiger partial charge is 0.236 e. The monoisotopic (exact) mass is 265 g/mol. The average Bonchev–Trinajstić information content (AvgIpc) is 2.92. The molecule has 0 aromatic carbocycles. The lowest BCUT2D eigenvalue weighted by atomic mass is 10.1. The van der Waals surface area contributed by atoms with Crippen LogP contribution in [0, 0.1) is 0 Å². The van der Waals surface area contributed by atoms with Crippen LogP contribution in [-0.2, 0) is 11.2 Å². The number of rotatable bonds is 5. The van der Waals surface area contributed by atoms with Gasteiger partial charge in [-0.05, 0) is 26.1 Å². The summed E-state index contributed by atoms with van der Waals surface area (Å²) in [5.41, 5.74) is 0. The highest BCUT2D eigenvalue weighted by Crippen LogP contribution is 2.08. The third-order valence-corrected chi connectivity index (χ3v) is 3.68. The van der Waals surface area contributed by atoms with Crippen LogP contribution in [-0.4, -0.2) is 61.5 Å². The van der Waals surface area contributed by atoms with Crippen molar-refractivity contribution < 1.29 is 9.21 Å². The van der Waals surface area contributed by atoms with Crippen molar-refractivity contribution in [2.24, 2.45) is 0 Å². The minimum atomic E-state index is 0.218. The molecule has 1 amide bonds. The van der Waals surface area contributed by atoms with E-state index >= 15 is 0 Å². The van der Waals surface area contributed by atoms with Gasteiger partial charge in [0, 0.05) is 38.6 Å². The number of likely N-dealkylation sites (N-methyl/N-ethyl adjacent to an activating group) is 1. The number of furan rings is 1. The molecule has 1 atom stereocenters. The molecule has 1 aromatic rings. The van der Waals surface area contributed by atoms with Gasteiger partial charge in [-0.15, -0.1) is 0 Å². The molecule has 19 heavy (non-hydrogen) atoms. The molecule has 5 nitrogen and oxygen atoms in total.